The van der Waals surface area contributed by atoms with Crippen molar-refractivity contribution in [3.05, 3.63) is 101 Å². The van der Waals surface area contributed by atoms with Gasteiger partial charge in [-0.05, 0) is 55.0 Å². The highest BCUT2D eigenvalue weighted by molar-refractivity contribution is 8.27. The van der Waals surface area contributed by atoms with Gasteiger partial charge in [0.05, 0.1) is 10.6 Å². The second-order valence-corrected chi connectivity index (χ2v) is 9.76. The minimum atomic E-state index is -0.364. The molecule has 1 aliphatic rings. The number of para-hydroxylation sites is 2. The van der Waals surface area contributed by atoms with Crippen molar-refractivity contribution in [2.75, 3.05) is 10.2 Å². The molecule has 0 bridgehead atoms. The number of nitrogens with one attached hydrogen (secondary N) is 1. The van der Waals surface area contributed by atoms with Crippen LogP contribution in [0.5, 0.6) is 0 Å². The molecule has 0 unspecified atom stereocenters. The normalized spacial score (nSPS) is 14.8. The first kappa shape index (κ1) is 23.0. The van der Waals surface area contributed by atoms with Crippen molar-refractivity contribution in [3.8, 4) is 0 Å². The maximum absolute atomic E-state index is 13.3. The summed E-state index contributed by atoms with van der Waals surface area (Å²) in [5.41, 5.74) is 3.95. The van der Waals surface area contributed by atoms with E-state index in [1.54, 1.807) is 4.90 Å². The predicted octanol–water partition coefficient (Wildman–Crippen LogP) is 6.13. The SMILES string of the molecule is Cc1ccccc1N1C(=O)/C(=C\c2cn(CC(=O)Nc3ccc(F)cc3)c3ccccc23)SC1=S. The van der Waals surface area contributed by atoms with Crippen LogP contribution in [0.4, 0.5) is 15.8 Å². The van der Waals surface area contributed by atoms with E-state index in [1.807, 2.05) is 72.3 Å². The van der Waals surface area contributed by atoms with Crippen LogP contribution in [0.1, 0.15) is 11.1 Å². The van der Waals surface area contributed by atoms with Crippen molar-refractivity contribution in [3.63, 3.8) is 0 Å². The Labute approximate surface area is 211 Å². The number of aryl methyl sites for hydroxylation is 1. The molecule has 0 atom stereocenters. The van der Waals surface area contributed by atoms with Gasteiger partial charge in [0, 0.05) is 28.4 Å². The molecule has 1 aliphatic heterocycles. The van der Waals surface area contributed by atoms with E-state index in [4.69, 9.17) is 12.2 Å². The van der Waals surface area contributed by atoms with E-state index in [-0.39, 0.29) is 24.2 Å². The third kappa shape index (κ3) is 4.62. The van der Waals surface area contributed by atoms with Crippen molar-refractivity contribution in [1.82, 2.24) is 4.57 Å². The lowest BCUT2D eigenvalue weighted by Gasteiger charge is -2.16. The van der Waals surface area contributed by atoms with Crippen LogP contribution in [-0.2, 0) is 16.1 Å². The van der Waals surface area contributed by atoms with Gasteiger partial charge in [-0.3, -0.25) is 14.5 Å². The van der Waals surface area contributed by atoms with Gasteiger partial charge in [-0.25, -0.2) is 4.39 Å². The van der Waals surface area contributed by atoms with E-state index >= 15 is 0 Å². The van der Waals surface area contributed by atoms with Gasteiger partial charge in [-0.15, -0.1) is 0 Å². The Morgan fingerprint density at radius 2 is 1.77 bits per heavy atom. The molecular formula is C27H20FN3O2S2. The summed E-state index contributed by atoms with van der Waals surface area (Å²) in [5.74, 6) is -0.771. The maximum Gasteiger partial charge on any atom is 0.270 e. The largest absolute Gasteiger partial charge is 0.337 e. The number of rotatable bonds is 5. The molecule has 0 saturated carbocycles. The second kappa shape index (κ2) is 9.48. The number of carbonyl (C=O) groups excluding carboxylic acids is 2. The Bertz CT molecular complexity index is 1510. The molecule has 1 saturated heterocycles. The Balaban J connectivity index is 1.44. The van der Waals surface area contributed by atoms with Crippen LogP contribution in [0, 0.1) is 12.7 Å². The average molecular weight is 502 g/mol. The van der Waals surface area contributed by atoms with E-state index in [1.165, 1.54) is 36.0 Å². The number of carbonyl (C=O) groups is 2. The third-order valence-corrected chi connectivity index (χ3v) is 7.00. The van der Waals surface area contributed by atoms with Crippen LogP contribution in [-0.4, -0.2) is 20.7 Å². The molecule has 1 aromatic heterocycles. The van der Waals surface area contributed by atoms with Crippen LogP contribution in [0.2, 0.25) is 0 Å². The molecule has 0 spiro atoms. The average Bonchev–Trinajstić information content (AvgIpc) is 3.32. The number of benzene rings is 3. The summed E-state index contributed by atoms with van der Waals surface area (Å²) in [6, 6.07) is 21.0. The number of anilines is 2. The first-order valence-corrected chi connectivity index (χ1v) is 12.1. The summed E-state index contributed by atoms with van der Waals surface area (Å²) in [6.45, 7) is 2.01. The molecular weight excluding hydrogens is 481 g/mol. The fourth-order valence-corrected chi connectivity index (χ4v) is 5.32. The van der Waals surface area contributed by atoms with Crippen molar-refractivity contribution in [2.24, 2.45) is 0 Å². The standard InChI is InChI=1S/C27H20FN3O2S2/c1-17-6-2-4-8-22(17)31-26(33)24(35-27(31)34)14-18-15-30(23-9-5-3-7-21(18)23)16-25(32)29-20-12-10-19(28)11-13-20/h2-15H,16H2,1H3,(H,29,32)/b24-14+. The highest BCUT2D eigenvalue weighted by Crippen LogP contribution is 2.38. The lowest BCUT2D eigenvalue weighted by molar-refractivity contribution is -0.116. The van der Waals surface area contributed by atoms with Crippen LogP contribution in [0.25, 0.3) is 17.0 Å². The summed E-state index contributed by atoms with van der Waals surface area (Å²) in [5, 5.41) is 3.70. The summed E-state index contributed by atoms with van der Waals surface area (Å²) < 4.78 is 15.5. The number of hydrogen-bond donors (Lipinski definition) is 1. The number of halogens is 1. The van der Waals surface area contributed by atoms with Gasteiger partial charge < -0.3 is 9.88 Å². The number of hydrogen-bond acceptors (Lipinski definition) is 4. The molecule has 8 heteroatoms. The molecule has 3 aromatic carbocycles. The van der Waals surface area contributed by atoms with Crippen LogP contribution in [0.15, 0.2) is 83.9 Å². The number of thioether (sulfide) groups is 1. The first-order valence-electron chi connectivity index (χ1n) is 10.9. The van der Waals surface area contributed by atoms with Crippen LogP contribution >= 0.6 is 24.0 Å². The van der Waals surface area contributed by atoms with Gasteiger partial charge in [-0.2, -0.15) is 0 Å². The van der Waals surface area contributed by atoms with Crippen LogP contribution < -0.4 is 10.2 Å². The molecule has 0 aliphatic carbocycles. The predicted molar refractivity (Wildman–Crippen MR) is 144 cm³/mol. The number of fused-ring (bicyclic) bond motifs is 1. The van der Waals surface area contributed by atoms with Gasteiger partial charge in [0.15, 0.2) is 4.32 Å². The number of nitrogens with zero attached hydrogens (tertiary/aromatic N) is 2. The summed E-state index contributed by atoms with van der Waals surface area (Å²) in [4.78, 5) is 28.0. The molecule has 0 radical (unpaired) electrons. The van der Waals surface area contributed by atoms with Crippen molar-refractivity contribution in [1.29, 1.82) is 0 Å². The van der Waals surface area contributed by atoms with Gasteiger partial charge in [0.25, 0.3) is 5.91 Å². The molecule has 1 N–H and O–H groups in total. The zero-order valence-electron chi connectivity index (χ0n) is 18.7. The Morgan fingerprint density at radius 3 is 2.54 bits per heavy atom. The van der Waals surface area contributed by atoms with Crippen molar-refractivity contribution in [2.45, 2.75) is 13.5 Å². The molecule has 1 fully saturated rings. The topological polar surface area (TPSA) is 54.3 Å². The van der Waals surface area contributed by atoms with Gasteiger partial charge in [0.1, 0.15) is 12.4 Å². The van der Waals surface area contributed by atoms with Gasteiger partial charge in [0.2, 0.25) is 5.91 Å². The van der Waals surface area contributed by atoms with Crippen molar-refractivity contribution < 1.29 is 14.0 Å². The highest BCUT2D eigenvalue weighted by Gasteiger charge is 2.34. The molecule has 4 aromatic rings. The highest BCUT2D eigenvalue weighted by atomic mass is 32.2. The van der Waals surface area contributed by atoms with E-state index in [9.17, 15) is 14.0 Å². The Morgan fingerprint density at radius 1 is 1.06 bits per heavy atom. The van der Waals surface area contributed by atoms with Crippen molar-refractivity contribution >= 4 is 68.5 Å². The molecule has 2 amide bonds. The van der Waals surface area contributed by atoms with Gasteiger partial charge >= 0.3 is 0 Å². The summed E-state index contributed by atoms with van der Waals surface area (Å²) in [7, 11) is 0. The molecule has 174 valence electrons. The number of amides is 2. The van der Waals surface area contributed by atoms with E-state index in [2.05, 4.69) is 5.32 Å². The molecule has 35 heavy (non-hydrogen) atoms. The smallest absolute Gasteiger partial charge is 0.270 e. The van der Waals surface area contributed by atoms with Crippen LogP contribution in [0.3, 0.4) is 0 Å². The second-order valence-electron chi connectivity index (χ2n) is 8.09. The van der Waals surface area contributed by atoms with Gasteiger partial charge in [-0.1, -0.05) is 60.4 Å². The molecule has 5 rings (SSSR count). The van der Waals surface area contributed by atoms with E-state index in [0.29, 0.717) is 14.9 Å². The summed E-state index contributed by atoms with van der Waals surface area (Å²) >= 11 is 6.79. The minimum absolute atomic E-state index is 0.0654. The monoisotopic (exact) mass is 501 g/mol. The zero-order chi connectivity index (χ0) is 24.5. The molecule has 5 nitrogen and oxygen atoms in total. The fraction of sp³-hybridized carbons (Fsp3) is 0.0741. The van der Waals surface area contributed by atoms with E-state index in [0.717, 1.165) is 27.7 Å². The molecule has 2 heterocycles. The Hall–Kier alpha value is -3.75. The number of aromatic nitrogens is 1. The zero-order valence-corrected chi connectivity index (χ0v) is 20.3. The lowest BCUT2D eigenvalue weighted by atomic mass is 10.1. The fourth-order valence-electron chi connectivity index (χ4n) is 4.04. The Kier molecular flexibility index (Phi) is 6.23. The third-order valence-electron chi connectivity index (χ3n) is 5.70. The first-order chi connectivity index (χ1) is 16.9. The minimum Gasteiger partial charge on any atom is -0.337 e. The van der Waals surface area contributed by atoms with E-state index < -0.39 is 0 Å². The lowest BCUT2D eigenvalue weighted by Crippen LogP contribution is -2.28. The maximum atomic E-state index is 13.3. The number of thiocarbonyl (C=S) groups is 1. The summed E-state index contributed by atoms with van der Waals surface area (Å²) in [6.07, 6.45) is 3.68. The quantitative estimate of drug-likeness (QED) is 0.264.